The van der Waals surface area contributed by atoms with Crippen molar-refractivity contribution in [1.82, 2.24) is 19.9 Å². The quantitative estimate of drug-likeness (QED) is 0.0348. The molecule has 0 amide bonds. The van der Waals surface area contributed by atoms with Crippen molar-refractivity contribution in [2.75, 3.05) is 26.4 Å². The van der Waals surface area contributed by atoms with E-state index in [1.807, 2.05) is 0 Å². The number of fused-ring (bicyclic) bond motifs is 8. The van der Waals surface area contributed by atoms with Gasteiger partial charge in [-0.1, -0.05) is 105 Å². The van der Waals surface area contributed by atoms with E-state index in [9.17, 15) is 19.2 Å². The van der Waals surface area contributed by atoms with Crippen molar-refractivity contribution >= 4 is 70.2 Å². The van der Waals surface area contributed by atoms with Gasteiger partial charge in [-0.25, -0.2) is 29.1 Å². The van der Waals surface area contributed by atoms with Crippen molar-refractivity contribution in [3.8, 4) is 0 Å². The highest BCUT2D eigenvalue weighted by molar-refractivity contribution is 6.08. The summed E-state index contributed by atoms with van der Waals surface area (Å²) in [4.78, 5) is 72.3. The second-order valence-electron chi connectivity index (χ2n) is 15.3. The van der Waals surface area contributed by atoms with E-state index in [1.165, 1.54) is 0 Å². The van der Waals surface area contributed by atoms with Crippen molar-refractivity contribution in [3.05, 3.63) is 69.3 Å². The number of aromatic nitrogens is 4. The number of H-pyrrole nitrogens is 2. The first kappa shape index (κ1) is 45.6. The van der Waals surface area contributed by atoms with E-state index in [2.05, 4.69) is 37.7 Å². The molecule has 0 fully saturated rings. The lowest BCUT2D eigenvalue weighted by Crippen LogP contribution is -2.11. The maximum atomic E-state index is 14.0. The fraction of sp³-hybridized carbons (Fsp3) is 0.500. The lowest BCUT2D eigenvalue weighted by Gasteiger charge is -2.08. The van der Waals surface area contributed by atoms with Crippen LogP contribution in [0, 0.1) is 0 Å². The highest BCUT2D eigenvalue weighted by Gasteiger charge is 2.26. The molecule has 0 aliphatic carbocycles. The Morgan fingerprint density at radius 2 is 0.650 bits per heavy atom. The lowest BCUT2D eigenvalue weighted by molar-refractivity contribution is 0.0489. The van der Waals surface area contributed by atoms with Gasteiger partial charge in [0.2, 0.25) is 0 Å². The largest absolute Gasteiger partial charge is 0.462 e. The first-order chi connectivity index (χ1) is 29.3. The molecular formula is C48H62N4O8. The average Bonchev–Trinajstić information content (AvgIpc) is 4.09. The Morgan fingerprint density at radius 1 is 0.383 bits per heavy atom. The predicted octanol–water partition coefficient (Wildman–Crippen LogP) is 11.6. The van der Waals surface area contributed by atoms with Crippen molar-refractivity contribution in [2.45, 2.75) is 130 Å². The summed E-state index contributed by atoms with van der Waals surface area (Å²) in [5.74, 6) is -2.41. The zero-order valence-corrected chi connectivity index (χ0v) is 35.9. The Hall–Kier alpha value is -5.52. The van der Waals surface area contributed by atoms with Gasteiger partial charge < -0.3 is 28.9 Å². The molecule has 322 valence electrons. The smallest absolute Gasteiger partial charge is 0.342 e. The summed E-state index contributed by atoms with van der Waals surface area (Å²) in [6.07, 6.45) is 21.4. The highest BCUT2D eigenvalue weighted by Crippen LogP contribution is 2.29. The molecule has 0 radical (unpaired) electrons. The van der Waals surface area contributed by atoms with Gasteiger partial charge in [0, 0.05) is 0 Å². The number of unbranched alkanes of at least 4 members (excludes halogenated alkanes) is 12. The molecule has 2 aliphatic heterocycles. The van der Waals surface area contributed by atoms with Crippen molar-refractivity contribution in [3.63, 3.8) is 0 Å². The van der Waals surface area contributed by atoms with Crippen LogP contribution < -0.4 is 0 Å². The molecule has 12 heteroatoms. The zero-order valence-electron chi connectivity index (χ0n) is 35.9. The van der Waals surface area contributed by atoms with Gasteiger partial charge >= 0.3 is 23.9 Å². The number of esters is 4. The normalized spacial score (nSPS) is 11.8. The summed E-state index contributed by atoms with van der Waals surface area (Å²) in [6, 6.07) is 6.79. The van der Waals surface area contributed by atoms with E-state index >= 15 is 0 Å². The highest BCUT2D eigenvalue weighted by atomic mass is 16.5. The molecule has 2 aliphatic rings. The molecule has 2 N–H and O–H groups in total. The molecule has 5 heterocycles. The fourth-order valence-corrected chi connectivity index (χ4v) is 7.13. The van der Waals surface area contributed by atoms with E-state index in [1.54, 1.807) is 48.6 Å². The van der Waals surface area contributed by atoms with Crippen LogP contribution >= 0.6 is 0 Å². The Kier molecular flexibility index (Phi) is 18.2. The standard InChI is InChI=1S/C48H62N4O8/c1-5-9-13-17-29-57-45(53)41-33-21-23-35(49-33)42(46(54)58-30-18-14-10-6-2)37-25-27-39(51-37)44(48(56)60-32-20-16-12-8-4)40-28-26-38(52-40)43(36-24-22-34(41)50-36)47(55)59-31-19-15-11-7-3/h21-28,49-50H,5-20,29-32H2,1-4H3. The molecule has 0 saturated heterocycles. The van der Waals surface area contributed by atoms with Gasteiger partial charge in [0.1, 0.15) is 22.3 Å². The predicted molar refractivity (Wildman–Crippen MR) is 237 cm³/mol. The monoisotopic (exact) mass is 822 g/mol. The van der Waals surface area contributed by atoms with Crippen LogP contribution in [0.5, 0.6) is 0 Å². The first-order valence-corrected chi connectivity index (χ1v) is 22.2. The van der Waals surface area contributed by atoms with Crippen LogP contribution in [0.1, 0.15) is 195 Å². The summed E-state index contributed by atoms with van der Waals surface area (Å²) < 4.78 is 23.3. The van der Waals surface area contributed by atoms with Gasteiger partial charge in [0.05, 0.1) is 71.3 Å². The third kappa shape index (κ3) is 12.3. The van der Waals surface area contributed by atoms with E-state index in [0.717, 1.165) is 77.0 Å². The van der Waals surface area contributed by atoms with Crippen LogP contribution in [0.25, 0.3) is 46.4 Å². The molecule has 8 bridgehead atoms. The average molecular weight is 823 g/mol. The van der Waals surface area contributed by atoms with E-state index in [-0.39, 0.29) is 71.5 Å². The minimum absolute atomic E-state index is 0.0892. The summed E-state index contributed by atoms with van der Waals surface area (Å²) in [6.45, 7) is 9.35. The van der Waals surface area contributed by atoms with E-state index in [0.29, 0.717) is 47.8 Å². The van der Waals surface area contributed by atoms with Crippen molar-refractivity contribution in [1.29, 1.82) is 0 Å². The van der Waals surface area contributed by atoms with E-state index < -0.39 is 23.9 Å². The number of carbonyl (C=O) groups excluding carboxylic acids is 4. The summed E-state index contributed by atoms with van der Waals surface area (Å²) in [7, 11) is 0. The Labute approximate surface area is 353 Å². The zero-order chi connectivity index (χ0) is 42.7. The van der Waals surface area contributed by atoms with Crippen LogP contribution in [0.15, 0.2) is 24.3 Å². The number of rotatable bonds is 24. The van der Waals surface area contributed by atoms with Gasteiger partial charge in [-0.2, -0.15) is 0 Å². The van der Waals surface area contributed by atoms with Gasteiger partial charge in [-0.05, 0) is 74.3 Å². The molecule has 12 nitrogen and oxygen atoms in total. The minimum atomic E-state index is -0.626. The van der Waals surface area contributed by atoms with Crippen LogP contribution in [-0.2, 0) is 18.9 Å². The van der Waals surface area contributed by atoms with Gasteiger partial charge in [0.25, 0.3) is 0 Å². The first-order valence-electron chi connectivity index (χ1n) is 22.2. The number of ether oxygens (including phenoxy) is 4. The minimum Gasteiger partial charge on any atom is -0.462 e. The number of carbonyl (C=O) groups is 4. The summed E-state index contributed by atoms with van der Waals surface area (Å²) in [5.41, 5.74) is 2.98. The van der Waals surface area contributed by atoms with Gasteiger partial charge in [-0.3, -0.25) is 0 Å². The number of nitrogens with zero attached hydrogens (tertiary/aromatic N) is 2. The van der Waals surface area contributed by atoms with Crippen LogP contribution in [0.3, 0.4) is 0 Å². The van der Waals surface area contributed by atoms with Gasteiger partial charge in [0.15, 0.2) is 0 Å². The van der Waals surface area contributed by atoms with Crippen molar-refractivity contribution in [2.24, 2.45) is 0 Å². The second kappa shape index (κ2) is 23.9. The van der Waals surface area contributed by atoms with Crippen LogP contribution in [0.4, 0.5) is 0 Å². The molecule has 0 saturated carbocycles. The number of aromatic amines is 2. The molecule has 3 aromatic heterocycles. The Bertz CT molecular complexity index is 2050. The third-order valence-corrected chi connectivity index (χ3v) is 10.5. The second-order valence-corrected chi connectivity index (χ2v) is 15.3. The maximum absolute atomic E-state index is 14.0. The topological polar surface area (TPSA) is 163 Å². The van der Waals surface area contributed by atoms with Crippen LogP contribution in [-0.4, -0.2) is 70.2 Å². The fourth-order valence-electron chi connectivity index (χ4n) is 7.13. The molecule has 0 atom stereocenters. The SMILES string of the molecule is CCCCCCOC(=O)c1c2nc(c(C(=O)OCCCCCC)c3ccc([nH]3)c(C(=O)OCCCCCC)c3ccc([nH]3)c(C(=O)OCCCCCC)c3nc1C=C3)C=C2. The summed E-state index contributed by atoms with van der Waals surface area (Å²) >= 11 is 0. The molecular weight excluding hydrogens is 761 g/mol. The molecule has 0 unspecified atom stereocenters. The maximum Gasteiger partial charge on any atom is 0.342 e. The molecule has 0 spiro atoms. The molecule has 5 rings (SSSR count). The third-order valence-electron chi connectivity index (χ3n) is 10.5. The molecule has 3 aromatic rings. The number of nitrogens with one attached hydrogen (secondary N) is 2. The number of hydrogen-bond donors (Lipinski definition) is 2. The summed E-state index contributed by atoms with van der Waals surface area (Å²) in [5, 5.41) is 0. The Balaban J connectivity index is 1.76. The Morgan fingerprint density at radius 3 is 0.967 bits per heavy atom. The van der Waals surface area contributed by atoms with E-state index in [4.69, 9.17) is 28.9 Å². The van der Waals surface area contributed by atoms with Gasteiger partial charge in [-0.15, -0.1) is 0 Å². The van der Waals surface area contributed by atoms with Crippen molar-refractivity contribution < 1.29 is 38.1 Å². The number of hydrogen-bond acceptors (Lipinski definition) is 10. The molecule has 60 heavy (non-hydrogen) atoms. The van der Waals surface area contributed by atoms with Crippen LogP contribution in [0.2, 0.25) is 0 Å². The molecule has 0 aromatic carbocycles. The lowest BCUT2D eigenvalue weighted by atomic mass is 10.1.